The molecule has 1 aromatic rings. The SMILES string of the molecule is CC(C)(C)CC(=O)Nc1ccc(CC(=O)N2CCC3(CCNC3)CC2)cc1. The number of nitrogens with zero attached hydrogens (tertiary/aromatic N) is 1. The van der Waals surface area contributed by atoms with Gasteiger partial charge in [0.15, 0.2) is 0 Å². The summed E-state index contributed by atoms with van der Waals surface area (Å²) in [7, 11) is 0. The van der Waals surface area contributed by atoms with Gasteiger partial charge in [-0.05, 0) is 54.3 Å². The number of rotatable bonds is 4. The minimum Gasteiger partial charge on any atom is -0.342 e. The number of hydrogen-bond donors (Lipinski definition) is 2. The highest BCUT2D eigenvalue weighted by molar-refractivity contribution is 5.91. The van der Waals surface area contributed by atoms with Crippen LogP contribution < -0.4 is 10.6 Å². The van der Waals surface area contributed by atoms with Crippen LogP contribution in [-0.2, 0) is 16.0 Å². The monoisotopic (exact) mass is 371 g/mol. The predicted molar refractivity (Wildman–Crippen MR) is 109 cm³/mol. The van der Waals surface area contributed by atoms with Gasteiger partial charge in [0.25, 0.3) is 0 Å². The van der Waals surface area contributed by atoms with Crippen LogP contribution in [0.1, 0.15) is 52.0 Å². The third-order valence-corrected chi connectivity index (χ3v) is 5.79. The van der Waals surface area contributed by atoms with E-state index in [0.717, 1.165) is 50.3 Å². The summed E-state index contributed by atoms with van der Waals surface area (Å²) in [5.74, 6) is 0.232. The fourth-order valence-electron chi connectivity index (χ4n) is 4.13. The first-order valence-corrected chi connectivity index (χ1v) is 10.1. The van der Waals surface area contributed by atoms with Gasteiger partial charge in [0.1, 0.15) is 0 Å². The second kappa shape index (κ2) is 8.01. The molecule has 0 radical (unpaired) electrons. The lowest BCUT2D eigenvalue weighted by Crippen LogP contribution is -2.44. The highest BCUT2D eigenvalue weighted by Crippen LogP contribution is 2.37. The smallest absolute Gasteiger partial charge is 0.226 e. The quantitative estimate of drug-likeness (QED) is 0.854. The maximum Gasteiger partial charge on any atom is 0.226 e. The Morgan fingerprint density at radius 2 is 1.78 bits per heavy atom. The van der Waals surface area contributed by atoms with Crippen molar-refractivity contribution >= 4 is 17.5 Å². The van der Waals surface area contributed by atoms with Crippen LogP contribution in [0, 0.1) is 10.8 Å². The van der Waals surface area contributed by atoms with E-state index < -0.39 is 0 Å². The average Bonchev–Trinajstić information content (AvgIpc) is 3.03. The molecule has 5 heteroatoms. The van der Waals surface area contributed by atoms with Gasteiger partial charge in [-0.25, -0.2) is 0 Å². The highest BCUT2D eigenvalue weighted by atomic mass is 16.2. The first-order valence-electron chi connectivity index (χ1n) is 10.1. The molecular formula is C22H33N3O2. The van der Waals surface area contributed by atoms with Crippen LogP contribution in [0.2, 0.25) is 0 Å². The molecule has 0 atom stereocenters. The summed E-state index contributed by atoms with van der Waals surface area (Å²) in [4.78, 5) is 26.7. The molecule has 1 aromatic carbocycles. The number of carbonyl (C=O) groups excluding carboxylic acids is 2. The van der Waals surface area contributed by atoms with Crippen molar-refractivity contribution < 1.29 is 9.59 Å². The number of carbonyl (C=O) groups is 2. The second-order valence-corrected chi connectivity index (χ2v) is 9.47. The number of benzene rings is 1. The van der Waals surface area contributed by atoms with Crippen LogP contribution >= 0.6 is 0 Å². The molecule has 1 spiro atoms. The van der Waals surface area contributed by atoms with Crippen LogP contribution in [0.3, 0.4) is 0 Å². The molecule has 5 nitrogen and oxygen atoms in total. The Morgan fingerprint density at radius 3 is 2.33 bits per heavy atom. The van der Waals surface area contributed by atoms with Crippen LogP contribution in [-0.4, -0.2) is 42.9 Å². The molecule has 2 N–H and O–H groups in total. The molecule has 0 aromatic heterocycles. The fourth-order valence-corrected chi connectivity index (χ4v) is 4.13. The van der Waals surface area contributed by atoms with Crippen molar-refractivity contribution in [2.75, 3.05) is 31.5 Å². The Morgan fingerprint density at radius 1 is 1.11 bits per heavy atom. The lowest BCUT2D eigenvalue weighted by Gasteiger charge is -2.39. The number of likely N-dealkylation sites (tertiary alicyclic amines) is 1. The zero-order valence-corrected chi connectivity index (χ0v) is 16.9. The van der Waals surface area contributed by atoms with Crippen molar-refractivity contribution in [1.82, 2.24) is 10.2 Å². The van der Waals surface area contributed by atoms with E-state index in [1.54, 1.807) is 0 Å². The van der Waals surface area contributed by atoms with Crippen molar-refractivity contribution in [2.24, 2.45) is 10.8 Å². The van der Waals surface area contributed by atoms with Gasteiger partial charge in [0.05, 0.1) is 6.42 Å². The Bertz CT molecular complexity index is 660. The summed E-state index contributed by atoms with van der Waals surface area (Å²) in [6, 6.07) is 7.66. The molecule has 2 amide bonds. The molecule has 2 heterocycles. The molecule has 2 fully saturated rings. The standard InChI is InChI=1S/C22H33N3O2/c1-21(2,3)15-19(26)24-18-6-4-17(5-7-18)14-20(27)25-12-9-22(10-13-25)8-11-23-16-22/h4-7,23H,8-16H2,1-3H3,(H,24,26). The summed E-state index contributed by atoms with van der Waals surface area (Å²) in [6.45, 7) is 10.1. The van der Waals surface area contributed by atoms with Gasteiger partial charge < -0.3 is 15.5 Å². The molecule has 0 saturated carbocycles. The van der Waals surface area contributed by atoms with Gasteiger partial charge >= 0.3 is 0 Å². The molecule has 27 heavy (non-hydrogen) atoms. The largest absolute Gasteiger partial charge is 0.342 e. The Labute approximate surface area is 162 Å². The first-order chi connectivity index (χ1) is 12.7. The van der Waals surface area contributed by atoms with E-state index in [-0.39, 0.29) is 17.2 Å². The van der Waals surface area contributed by atoms with E-state index in [1.807, 2.05) is 49.9 Å². The van der Waals surface area contributed by atoms with Crippen LogP contribution in [0.5, 0.6) is 0 Å². The third kappa shape index (κ3) is 5.55. The summed E-state index contributed by atoms with van der Waals surface area (Å²) in [5, 5.41) is 6.39. The lowest BCUT2D eigenvalue weighted by molar-refractivity contribution is -0.132. The minimum absolute atomic E-state index is 0.0231. The van der Waals surface area contributed by atoms with Gasteiger partial charge in [-0.2, -0.15) is 0 Å². The van der Waals surface area contributed by atoms with Crippen LogP contribution in [0.25, 0.3) is 0 Å². The average molecular weight is 372 g/mol. The Kier molecular flexibility index (Phi) is 5.89. The molecule has 3 rings (SSSR count). The van der Waals surface area contributed by atoms with E-state index in [0.29, 0.717) is 18.3 Å². The van der Waals surface area contributed by atoms with Gasteiger partial charge in [0, 0.05) is 31.7 Å². The molecule has 2 aliphatic rings. The highest BCUT2D eigenvalue weighted by Gasteiger charge is 2.37. The van der Waals surface area contributed by atoms with E-state index in [4.69, 9.17) is 0 Å². The van der Waals surface area contributed by atoms with Gasteiger partial charge in [-0.3, -0.25) is 9.59 Å². The topological polar surface area (TPSA) is 61.4 Å². The maximum absolute atomic E-state index is 12.6. The zero-order valence-electron chi connectivity index (χ0n) is 16.9. The Balaban J connectivity index is 1.48. The molecule has 0 aliphatic carbocycles. The van der Waals surface area contributed by atoms with Gasteiger partial charge in [0.2, 0.25) is 11.8 Å². The molecule has 2 saturated heterocycles. The zero-order chi connectivity index (χ0) is 19.5. The number of hydrogen-bond acceptors (Lipinski definition) is 3. The molecule has 0 bridgehead atoms. The fraction of sp³-hybridized carbons (Fsp3) is 0.636. The van der Waals surface area contributed by atoms with E-state index in [1.165, 1.54) is 6.42 Å². The molecular weight excluding hydrogens is 338 g/mol. The van der Waals surface area contributed by atoms with Crippen LogP contribution in [0.4, 0.5) is 5.69 Å². The van der Waals surface area contributed by atoms with Crippen molar-refractivity contribution in [2.45, 2.75) is 52.9 Å². The third-order valence-electron chi connectivity index (χ3n) is 5.79. The van der Waals surface area contributed by atoms with Crippen molar-refractivity contribution in [1.29, 1.82) is 0 Å². The van der Waals surface area contributed by atoms with Crippen molar-refractivity contribution in [3.63, 3.8) is 0 Å². The summed E-state index contributed by atoms with van der Waals surface area (Å²) >= 11 is 0. The van der Waals surface area contributed by atoms with E-state index >= 15 is 0 Å². The summed E-state index contributed by atoms with van der Waals surface area (Å²) < 4.78 is 0. The van der Waals surface area contributed by atoms with Gasteiger partial charge in [-0.1, -0.05) is 32.9 Å². The number of amides is 2. The molecule has 148 valence electrons. The van der Waals surface area contributed by atoms with Crippen molar-refractivity contribution in [3.8, 4) is 0 Å². The predicted octanol–water partition coefficient (Wildman–Crippen LogP) is 3.21. The minimum atomic E-state index is -0.0297. The summed E-state index contributed by atoms with van der Waals surface area (Å²) in [5.41, 5.74) is 2.19. The number of nitrogens with one attached hydrogen (secondary N) is 2. The summed E-state index contributed by atoms with van der Waals surface area (Å²) in [6.07, 6.45) is 4.40. The normalized spacial score (nSPS) is 19.3. The van der Waals surface area contributed by atoms with E-state index in [2.05, 4.69) is 10.6 Å². The van der Waals surface area contributed by atoms with Crippen molar-refractivity contribution in [3.05, 3.63) is 29.8 Å². The first kappa shape index (κ1) is 19.9. The number of anilines is 1. The number of piperidine rings is 1. The van der Waals surface area contributed by atoms with Gasteiger partial charge in [-0.15, -0.1) is 0 Å². The second-order valence-electron chi connectivity index (χ2n) is 9.47. The van der Waals surface area contributed by atoms with E-state index in [9.17, 15) is 9.59 Å². The maximum atomic E-state index is 12.6. The molecule has 0 unspecified atom stereocenters. The molecule has 2 aliphatic heterocycles. The Hall–Kier alpha value is -1.88. The van der Waals surface area contributed by atoms with Crippen LogP contribution in [0.15, 0.2) is 24.3 Å². The lowest BCUT2D eigenvalue weighted by atomic mass is 9.78.